The van der Waals surface area contributed by atoms with Crippen molar-refractivity contribution >= 4 is 46.4 Å². The molecule has 0 spiro atoms. The fourth-order valence-corrected chi connectivity index (χ4v) is 3.16. The zero-order valence-electron chi connectivity index (χ0n) is 15.9. The largest absolute Gasteiger partial charge is 0.326 e. The Labute approximate surface area is 173 Å². The van der Waals surface area contributed by atoms with E-state index in [9.17, 15) is 14.4 Å². The average Bonchev–Trinajstić information content (AvgIpc) is 3.19. The van der Waals surface area contributed by atoms with Crippen LogP contribution in [-0.4, -0.2) is 35.0 Å². The third-order valence-electron chi connectivity index (χ3n) is 4.33. The van der Waals surface area contributed by atoms with Crippen LogP contribution in [0.5, 0.6) is 0 Å². The van der Waals surface area contributed by atoms with Gasteiger partial charge in [0.05, 0.1) is 23.0 Å². The second-order valence-electron chi connectivity index (χ2n) is 6.60. The van der Waals surface area contributed by atoms with Crippen LogP contribution in [0.1, 0.15) is 31.7 Å². The molecular formula is C21H21ClN4O3. The van der Waals surface area contributed by atoms with E-state index in [4.69, 9.17) is 11.6 Å². The monoisotopic (exact) mass is 412 g/mol. The molecule has 1 aliphatic heterocycles. The van der Waals surface area contributed by atoms with Crippen molar-refractivity contribution in [3.8, 4) is 0 Å². The summed E-state index contributed by atoms with van der Waals surface area (Å²) in [4.78, 5) is 35.6. The topological polar surface area (TPSA) is 90.9 Å². The molecule has 1 heterocycles. The lowest BCUT2D eigenvalue weighted by atomic mass is 10.1. The van der Waals surface area contributed by atoms with Crippen LogP contribution in [0.2, 0.25) is 5.02 Å². The number of anilines is 2. The van der Waals surface area contributed by atoms with E-state index in [0.29, 0.717) is 29.4 Å². The van der Waals surface area contributed by atoms with Crippen molar-refractivity contribution in [2.24, 2.45) is 5.10 Å². The first-order valence-corrected chi connectivity index (χ1v) is 9.60. The number of hydrogen-bond donors (Lipinski definition) is 2. The standard InChI is InChI=1S/C21H21ClN4O3/c1-14(27)23-16-7-8-19(17(22)13-16)24-20(28)9-10-21(29)26-12-11-18(25-26)15-5-3-2-4-6-15/h2-8,13H,9-12H2,1H3,(H,23,27)(H,24,28). The lowest BCUT2D eigenvalue weighted by Gasteiger charge is -2.12. The van der Waals surface area contributed by atoms with Gasteiger partial charge in [0.2, 0.25) is 17.7 Å². The fraction of sp³-hybridized carbons (Fsp3) is 0.238. The van der Waals surface area contributed by atoms with Crippen molar-refractivity contribution in [1.29, 1.82) is 0 Å². The van der Waals surface area contributed by atoms with Crippen molar-refractivity contribution in [2.45, 2.75) is 26.2 Å². The molecule has 0 saturated heterocycles. The van der Waals surface area contributed by atoms with Gasteiger partial charge < -0.3 is 10.6 Å². The lowest BCUT2D eigenvalue weighted by Crippen LogP contribution is -2.25. The van der Waals surface area contributed by atoms with Crippen molar-refractivity contribution < 1.29 is 14.4 Å². The molecule has 0 fully saturated rings. The van der Waals surface area contributed by atoms with Gasteiger partial charge in [0.1, 0.15) is 0 Å². The number of nitrogens with one attached hydrogen (secondary N) is 2. The first kappa shape index (κ1) is 20.5. The van der Waals surface area contributed by atoms with Crippen molar-refractivity contribution in [3.05, 3.63) is 59.1 Å². The molecule has 2 aromatic carbocycles. The fourth-order valence-electron chi connectivity index (χ4n) is 2.93. The number of nitrogens with zero attached hydrogens (tertiary/aromatic N) is 2. The van der Waals surface area contributed by atoms with Crippen LogP contribution in [0.4, 0.5) is 11.4 Å². The summed E-state index contributed by atoms with van der Waals surface area (Å²) in [6.07, 6.45) is 0.770. The van der Waals surface area contributed by atoms with Gasteiger partial charge in [-0.15, -0.1) is 0 Å². The predicted octanol–water partition coefficient (Wildman–Crippen LogP) is 3.65. The third kappa shape index (κ3) is 5.65. The van der Waals surface area contributed by atoms with Gasteiger partial charge in [-0.25, -0.2) is 5.01 Å². The predicted molar refractivity (Wildman–Crippen MR) is 113 cm³/mol. The Morgan fingerprint density at radius 1 is 1.07 bits per heavy atom. The number of carbonyl (C=O) groups excluding carboxylic acids is 3. The molecule has 8 heteroatoms. The quantitative estimate of drug-likeness (QED) is 0.758. The number of carbonyl (C=O) groups is 3. The van der Waals surface area contributed by atoms with Gasteiger partial charge in [0, 0.05) is 31.9 Å². The summed E-state index contributed by atoms with van der Waals surface area (Å²) < 4.78 is 0. The maximum atomic E-state index is 12.4. The molecule has 29 heavy (non-hydrogen) atoms. The zero-order chi connectivity index (χ0) is 20.8. The van der Waals surface area contributed by atoms with Gasteiger partial charge in [-0.3, -0.25) is 14.4 Å². The molecule has 2 N–H and O–H groups in total. The Bertz CT molecular complexity index is 960. The van der Waals surface area contributed by atoms with E-state index in [0.717, 1.165) is 11.3 Å². The lowest BCUT2D eigenvalue weighted by molar-refractivity contribution is -0.132. The average molecular weight is 413 g/mol. The van der Waals surface area contributed by atoms with Crippen LogP contribution in [-0.2, 0) is 14.4 Å². The van der Waals surface area contributed by atoms with Gasteiger partial charge >= 0.3 is 0 Å². The van der Waals surface area contributed by atoms with Crippen molar-refractivity contribution in [2.75, 3.05) is 17.2 Å². The third-order valence-corrected chi connectivity index (χ3v) is 4.64. The summed E-state index contributed by atoms with van der Waals surface area (Å²) in [6.45, 7) is 1.91. The molecule has 0 aromatic heterocycles. The van der Waals surface area contributed by atoms with Gasteiger partial charge in [0.25, 0.3) is 0 Å². The molecule has 3 amide bonds. The first-order chi connectivity index (χ1) is 13.9. The van der Waals surface area contributed by atoms with Crippen LogP contribution < -0.4 is 10.6 Å². The SMILES string of the molecule is CC(=O)Nc1ccc(NC(=O)CCC(=O)N2CCC(c3ccccc3)=N2)c(Cl)c1. The number of halogens is 1. The van der Waals surface area contributed by atoms with Crippen molar-refractivity contribution in [1.82, 2.24) is 5.01 Å². The van der Waals surface area contributed by atoms with Crippen LogP contribution in [0.15, 0.2) is 53.6 Å². The van der Waals surface area contributed by atoms with E-state index in [2.05, 4.69) is 15.7 Å². The zero-order valence-corrected chi connectivity index (χ0v) is 16.7. The van der Waals surface area contributed by atoms with Crippen LogP contribution in [0.3, 0.4) is 0 Å². The van der Waals surface area contributed by atoms with E-state index < -0.39 is 0 Å². The van der Waals surface area contributed by atoms with Gasteiger partial charge in [-0.1, -0.05) is 41.9 Å². The highest BCUT2D eigenvalue weighted by Gasteiger charge is 2.22. The van der Waals surface area contributed by atoms with E-state index >= 15 is 0 Å². The van der Waals surface area contributed by atoms with E-state index in [1.807, 2.05) is 30.3 Å². The maximum absolute atomic E-state index is 12.4. The summed E-state index contributed by atoms with van der Waals surface area (Å²) in [5, 5.41) is 11.4. The molecule has 3 rings (SSSR count). The molecule has 0 bridgehead atoms. The second-order valence-corrected chi connectivity index (χ2v) is 7.01. The molecule has 2 aromatic rings. The smallest absolute Gasteiger partial charge is 0.243 e. The molecule has 0 radical (unpaired) electrons. The Morgan fingerprint density at radius 3 is 2.52 bits per heavy atom. The van der Waals surface area contributed by atoms with E-state index in [-0.39, 0.29) is 30.6 Å². The van der Waals surface area contributed by atoms with E-state index in [1.165, 1.54) is 11.9 Å². The molecule has 1 aliphatic rings. The van der Waals surface area contributed by atoms with Crippen LogP contribution >= 0.6 is 11.6 Å². The number of benzene rings is 2. The normalized spacial score (nSPS) is 13.0. The van der Waals surface area contributed by atoms with Gasteiger partial charge in [0.15, 0.2) is 0 Å². The summed E-state index contributed by atoms with van der Waals surface area (Å²) in [6, 6.07) is 14.5. The number of hydrogen-bond acceptors (Lipinski definition) is 4. The molecule has 0 saturated carbocycles. The Balaban J connectivity index is 1.51. The summed E-state index contributed by atoms with van der Waals surface area (Å²) >= 11 is 6.14. The number of hydrazone groups is 1. The number of amides is 3. The first-order valence-electron chi connectivity index (χ1n) is 9.22. The molecule has 150 valence electrons. The Hall–Kier alpha value is -3.19. The molecule has 0 atom stereocenters. The minimum absolute atomic E-state index is 0.0231. The Morgan fingerprint density at radius 2 is 1.83 bits per heavy atom. The number of rotatable bonds is 6. The molecule has 0 unspecified atom stereocenters. The van der Waals surface area contributed by atoms with Crippen LogP contribution in [0, 0.1) is 0 Å². The molecule has 0 aliphatic carbocycles. The van der Waals surface area contributed by atoms with Gasteiger partial charge in [-0.2, -0.15) is 5.10 Å². The summed E-state index contributed by atoms with van der Waals surface area (Å²) in [7, 11) is 0. The van der Waals surface area contributed by atoms with Gasteiger partial charge in [-0.05, 0) is 23.8 Å². The highest BCUT2D eigenvalue weighted by Crippen LogP contribution is 2.26. The van der Waals surface area contributed by atoms with Crippen molar-refractivity contribution in [3.63, 3.8) is 0 Å². The minimum Gasteiger partial charge on any atom is -0.326 e. The molecular weight excluding hydrogens is 392 g/mol. The Kier molecular flexibility index (Phi) is 6.61. The highest BCUT2D eigenvalue weighted by molar-refractivity contribution is 6.34. The highest BCUT2D eigenvalue weighted by atomic mass is 35.5. The van der Waals surface area contributed by atoms with Crippen LogP contribution in [0.25, 0.3) is 0 Å². The van der Waals surface area contributed by atoms with E-state index in [1.54, 1.807) is 18.2 Å². The second kappa shape index (κ2) is 9.34. The minimum atomic E-state index is -0.320. The summed E-state index contributed by atoms with van der Waals surface area (Å²) in [5.41, 5.74) is 2.83. The maximum Gasteiger partial charge on any atom is 0.243 e. The summed E-state index contributed by atoms with van der Waals surface area (Å²) in [5.74, 6) is -0.728. The molecule has 7 nitrogen and oxygen atoms in total.